The number of para-hydroxylation sites is 1. The van der Waals surface area contributed by atoms with Gasteiger partial charge in [0.15, 0.2) is 0 Å². The van der Waals surface area contributed by atoms with Gasteiger partial charge in [0.1, 0.15) is 5.75 Å². The fourth-order valence-electron chi connectivity index (χ4n) is 4.98. The van der Waals surface area contributed by atoms with Crippen molar-refractivity contribution in [2.45, 2.75) is 31.7 Å². The third kappa shape index (κ3) is 3.81. The zero-order valence-electron chi connectivity index (χ0n) is 17.9. The summed E-state index contributed by atoms with van der Waals surface area (Å²) in [6, 6.07) is 12.3. The molecule has 1 amide bonds. The Labute approximate surface area is 187 Å². The fraction of sp³-hybridized carbons (Fsp3) is 0.400. The van der Waals surface area contributed by atoms with Crippen LogP contribution in [0.2, 0.25) is 5.02 Å². The summed E-state index contributed by atoms with van der Waals surface area (Å²) in [6.07, 6.45) is 4.93. The Kier molecular flexibility index (Phi) is 5.63. The van der Waals surface area contributed by atoms with Gasteiger partial charge in [0.2, 0.25) is 0 Å². The predicted molar refractivity (Wildman–Crippen MR) is 124 cm³/mol. The summed E-state index contributed by atoms with van der Waals surface area (Å²) in [7, 11) is 1.93. The van der Waals surface area contributed by atoms with Crippen molar-refractivity contribution >= 4 is 28.4 Å². The van der Waals surface area contributed by atoms with Crippen LogP contribution >= 0.6 is 11.6 Å². The number of carbonyl (C=O) groups excluding carboxylic acids is 1. The highest BCUT2D eigenvalue weighted by atomic mass is 35.5. The molecule has 5 rings (SSSR count). The number of fused-ring (bicyclic) bond motifs is 2. The van der Waals surface area contributed by atoms with Crippen LogP contribution in [0.3, 0.4) is 0 Å². The number of carbonyl (C=O) groups is 1. The molecule has 0 bridgehead atoms. The van der Waals surface area contributed by atoms with Crippen LogP contribution in [-0.2, 0) is 13.0 Å². The van der Waals surface area contributed by atoms with Crippen molar-refractivity contribution in [3.63, 3.8) is 0 Å². The van der Waals surface area contributed by atoms with Crippen LogP contribution in [0.15, 0.2) is 42.6 Å². The normalized spacial score (nSPS) is 16.5. The van der Waals surface area contributed by atoms with Crippen molar-refractivity contribution in [1.82, 2.24) is 14.8 Å². The van der Waals surface area contributed by atoms with Gasteiger partial charge in [-0.1, -0.05) is 35.9 Å². The molecule has 1 fully saturated rings. The van der Waals surface area contributed by atoms with E-state index in [4.69, 9.17) is 16.3 Å². The van der Waals surface area contributed by atoms with Crippen molar-refractivity contribution in [2.75, 3.05) is 33.3 Å². The molecule has 0 unspecified atom stereocenters. The number of rotatable bonds is 5. The van der Waals surface area contributed by atoms with E-state index in [0.717, 1.165) is 74.3 Å². The van der Waals surface area contributed by atoms with Crippen LogP contribution in [0.1, 0.15) is 40.2 Å². The number of halogens is 1. The van der Waals surface area contributed by atoms with Crippen LogP contribution in [0.4, 0.5) is 0 Å². The number of amides is 1. The second-order valence-electron chi connectivity index (χ2n) is 8.50. The smallest absolute Gasteiger partial charge is 0.256 e. The quantitative estimate of drug-likeness (QED) is 0.640. The zero-order chi connectivity index (χ0) is 21.4. The molecule has 5 nitrogen and oxygen atoms in total. The molecule has 1 saturated heterocycles. The maximum atomic E-state index is 13.5. The fourth-order valence-corrected chi connectivity index (χ4v) is 5.15. The molecule has 2 aromatic carbocycles. The minimum atomic E-state index is 0.114. The number of nitrogens with zero attached hydrogens (tertiary/aromatic N) is 2. The second-order valence-corrected chi connectivity index (χ2v) is 8.94. The molecule has 3 heterocycles. The largest absolute Gasteiger partial charge is 0.493 e. The summed E-state index contributed by atoms with van der Waals surface area (Å²) < 4.78 is 8.05. The van der Waals surface area contributed by atoms with Crippen LogP contribution in [-0.4, -0.2) is 48.7 Å². The molecule has 2 aliphatic rings. The molecule has 6 heteroatoms. The van der Waals surface area contributed by atoms with Gasteiger partial charge in [0.25, 0.3) is 5.91 Å². The molecule has 0 aliphatic carbocycles. The summed E-state index contributed by atoms with van der Waals surface area (Å²) in [4.78, 5) is 15.5. The Bertz CT molecular complexity index is 1120. The Morgan fingerprint density at radius 1 is 1.23 bits per heavy atom. The lowest BCUT2D eigenvalue weighted by molar-refractivity contribution is 0.0714. The van der Waals surface area contributed by atoms with E-state index < -0.39 is 0 Å². The van der Waals surface area contributed by atoms with E-state index in [1.165, 1.54) is 11.1 Å². The average molecular weight is 438 g/mol. The lowest BCUT2D eigenvalue weighted by atomic mass is 9.87. The maximum absolute atomic E-state index is 13.5. The Hall–Kier alpha value is -2.50. The van der Waals surface area contributed by atoms with Crippen LogP contribution in [0, 0.1) is 0 Å². The van der Waals surface area contributed by atoms with Crippen LogP contribution in [0.25, 0.3) is 10.9 Å². The first-order valence-corrected chi connectivity index (χ1v) is 11.5. The Morgan fingerprint density at radius 3 is 2.87 bits per heavy atom. The number of hydrogen-bond acceptors (Lipinski definition) is 3. The van der Waals surface area contributed by atoms with Gasteiger partial charge in [-0.25, -0.2) is 0 Å². The van der Waals surface area contributed by atoms with Gasteiger partial charge in [-0.15, -0.1) is 0 Å². The zero-order valence-corrected chi connectivity index (χ0v) is 18.6. The van der Waals surface area contributed by atoms with Crippen molar-refractivity contribution in [2.24, 2.45) is 0 Å². The minimum absolute atomic E-state index is 0.114. The monoisotopic (exact) mass is 437 g/mol. The molecule has 0 saturated carbocycles. The molecule has 0 spiro atoms. The average Bonchev–Trinajstić information content (AvgIpc) is 3.42. The highest BCUT2D eigenvalue weighted by Gasteiger charge is 2.29. The molecular formula is C25H28ClN3O2. The van der Waals surface area contributed by atoms with E-state index in [2.05, 4.69) is 28.1 Å². The van der Waals surface area contributed by atoms with Crippen LogP contribution < -0.4 is 10.1 Å². The highest BCUT2D eigenvalue weighted by Crippen LogP contribution is 2.39. The second kappa shape index (κ2) is 8.56. The summed E-state index contributed by atoms with van der Waals surface area (Å²) in [5.74, 6) is 1.66. The van der Waals surface area contributed by atoms with Gasteiger partial charge in [-0.05, 0) is 49.1 Å². The molecule has 2 aliphatic heterocycles. The molecule has 162 valence electrons. The third-order valence-corrected chi connectivity index (χ3v) is 6.88. The summed E-state index contributed by atoms with van der Waals surface area (Å²) in [6.45, 7) is 3.94. The summed E-state index contributed by atoms with van der Waals surface area (Å²) in [5, 5.41) is 4.84. The van der Waals surface area contributed by atoms with Gasteiger partial charge in [-0.2, -0.15) is 0 Å². The number of hydrogen-bond donors (Lipinski definition) is 1. The van der Waals surface area contributed by atoms with Crippen molar-refractivity contribution < 1.29 is 9.53 Å². The number of nitrogens with one attached hydrogen (secondary N) is 1. The van der Waals surface area contributed by atoms with E-state index >= 15 is 0 Å². The number of ether oxygens (including phenoxy) is 1. The standard InChI is InChI=1S/C25H28ClN3O2/c1-27-10-13-29-16-22(21-6-5-19(26)15-23(21)29)25(30)28-11-7-17(8-12-28)20-4-2-3-18-9-14-31-24(18)20/h2-6,15-17,27H,7-14H2,1H3. The van der Waals surface area contributed by atoms with E-state index in [-0.39, 0.29) is 5.91 Å². The predicted octanol–water partition coefficient (Wildman–Crippen LogP) is 4.47. The summed E-state index contributed by atoms with van der Waals surface area (Å²) >= 11 is 6.24. The van der Waals surface area contributed by atoms with Gasteiger partial charge in [0, 0.05) is 49.2 Å². The lowest BCUT2D eigenvalue weighted by Crippen LogP contribution is -2.38. The minimum Gasteiger partial charge on any atom is -0.493 e. The summed E-state index contributed by atoms with van der Waals surface area (Å²) in [5.41, 5.74) is 4.42. The maximum Gasteiger partial charge on any atom is 0.256 e. The molecule has 1 N–H and O–H groups in total. The van der Waals surface area contributed by atoms with E-state index in [1.54, 1.807) is 0 Å². The van der Waals surface area contributed by atoms with Gasteiger partial charge in [0.05, 0.1) is 17.7 Å². The molecule has 1 aromatic heterocycles. The number of aromatic nitrogens is 1. The first-order chi connectivity index (χ1) is 15.2. The third-order valence-electron chi connectivity index (χ3n) is 6.64. The number of likely N-dealkylation sites (N-methyl/N-ethyl adjacent to an activating group) is 1. The molecule has 3 aromatic rings. The van der Waals surface area contributed by atoms with Gasteiger partial charge >= 0.3 is 0 Å². The first-order valence-electron chi connectivity index (χ1n) is 11.1. The molecular weight excluding hydrogens is 410 g/mol. The van der Waals surface area contributed by atoms with Gasteiger partial charge < -0.3 is 19.5 Å². The van der Waals surface area contributed by atoms with Crippen molar-refractivity contribution in [1.29, 1.82) is 0 Å². The topological polar surface area (TPSA) is 46.5 Å². The lowest BCUT2D eigenvalue weighted by Gasteiger charge is -2.32. The van der Waals surface area contributed by atoms with E-state index in [1.807, 2.05) is 36.3 Å². The SMILES string of the molecule is CNCCn1cc(C(=O)N2CCC(c3cccc4c3OCC4)CC2)c2ccc(Cl)cc21. The van der Waals surface area contributed by atoms with Crippen LogP contribution in [0.5, 0.6) is 5.75 Å². The van der Waals surface area contributed by atoms with Crippen molar-refractivity contribution in [3.05, 3.63) is 64.3 Å². The Morgan fingerprint density at radius 2 is 2.06 bits per heavy atom. The first kappa shape index (κ1) is 20.4. The van der Waals surface area contributed by atoms with Gasteiger partial charge in [-0.3, -0.25) is 4.79 Å². The van der Waals surface area contributed by atoms with Crippen molar-refractivity contribution in [3.8, 4) is 5.75 Å². The highest BCUT2D eigenvalue weighted by molar-refractivity contribution is 6.31. The van der Waals surface area contributed by atoms with E-state index in [9.17, 15) is 4.79 Å². The molecule has 0 atom stereocenters. The Balaban J connectivity index is 1.35. The number of likely N-dealkylation sites (tertiary alicyclic amines) is 1. The van der Waals surface area contributed by atoms with E-state index in [0.29, 0.717) is 10.9 Å². The number of benzene rings is 2. The molecule has 31 heavy (non-hydrogen) atoms. The molecule has 0 radical (unpaired) electrons. The number of piperidine rings is 1.